The van der Waals surface area contributed by atoms with Crippen LogP contribution in [0.4, 0.5) is 5.95 Å². The molecule has 0 unspecified atom stereocenters. The number of carbonyl (C=O) groups is 2. The Bertz CT molecular complexity index is 1260. The van der Waals surface area contributed by atoms with E-state index in [-0.39, 0.29) is 23.2 Å². The molecule has 0 radical (unpaired) electrons. The first-order chi connectivity index (χ1) is 14.1. The molecule has 0 atom stereocenters. The van der Waals surface area contributed by atoms with Gasteiger partial charge in [0, 0.05) is 24.0 Å². The number of rotatable bonds is 3. The first-order valence-electron chi connectivity index (χ1n) is 8.94. The summed E-state index contributed by atoms with van der Waals surface area (Å²) in [6, 6.07) is 13.1. The van der Waals surface area contributed by atoms with Crippen molar-refractivity contribution in [2.45, 2.75) is 13.1 Å². The molecule has 0 saturated carbocycles. The predicted octanol–water partition coefficient (Wildman–Crippen LogP) is 1.97. The monoisotopic (exact) mass is 385 g/mol. The lowest BCUT2D eigenvalue weighted by Gasteiger charge is -2.16. The van der Waals surface area contributed by atoms with Crippen molar-refractivity contribution < 1.29 is 9.59 Å². The predicted molar refractivity (Wildman–Crippen MR) is 105 cm³/mol. The third-order valence-electron chi connectivity index (χ3n) is 5.01. The Morgan fingerprint density at radius 1 is 1.10 bits per heavy atom. The molecule has 1 aliphatic heterocycles. The highest BCUT2D eigenvalue weighted by atomic mass is 16.2. The number of anilines is 1. The summed E-state index contributed by atoms with van der Waals surface area (Å²) in [5.74, 6) is -0.200. The van der Waals surface area contributed by atoms with Gasteiger partial charge in [-0.05, 0) is 23.3 Å². The van der Waals surface area contributed by atoms with Gasteiger partial charge in [-0.15, -0.1) is 5.10 Å². The van der Waals surface area contributed by atoms with E-state index in [1.54, 1.807) is 23.1 Å². The lowest BCUT2D eigenvalue weighted by molar-refractivity contribution is 0.0747. The molecular formula is C20H15N7O2. The van der Waals surface area contributed by atoms with Crippen molar-refractivity contribution in [2.75, 3.05) is 5.73 Å². The van der Waals surface area contributed by atoms with Crippen LogP contribution in [0.25, 0.3) is 22.2 Å². The van der Waals surface area contributed by atoms with E-state index in [1.165, 1.54) is 0 Å². The van der Waals surface area contributed by atoms with Crippen LogP contribution in [0.2, 0.25) is 0 Å². The molecule has 4 aromatic rings. The molecule has 3 N–H and O–H groups in total. The number of hydrogen-bond donors (Lipinski definition) is 2. The number of nitrogens with two attached hydrogens (primary N) is 1. The molecule has 3 heterocycles. The summed E-state index contributed by atoms with van der Waals surface area (Å²) < 4.78 is 0. The molecule has 0 fully saturated rings. The second kappa shape index (κ2) is 6.48. The molecule has 142 valence electrons. The number of nitrogens with zero attached hydrogens (tertiary/aromatic N) is 5. The molecule has 1 amide bonds. The summed E-state index contributed by atoms with van der Waals surface area (Å²) in [6.07, 6.45) is 0.645. The first kappa shape index (κ1) is 17.0. The number of carbonyl (C=O) groups excluding carboxylic acids is 2. The van der Waals surface area contributed by atoms with Gasteiger partial charge in [-0.2, -0.15) is 0 Å². The van der Waals surface area contributed by atoms with Gasteiger partial charge in [0.1, 0.15) is 17.1 Å². The molecule has 5 rings (SSSR count). The van der Waals surface area contributed by atoms with Crippen LogP contribution in [0.3, 0.4) is 0 Å². The van der Waals surface area contributed by atoms with Gasteiger partial charge in [0.2, 0.25) is 5.95 Å². The average Bonchev–Trinajstić information content (AvgIpc) is 3.39. The normalized spacial score (nSPS) is 12.9. The van der Waals surface area contributed by atoms with Crippen molar-refractivity contribution >= 4 is 29.0 Å². The smallest absolute Gasteiger partial charge is 0.273 e. The van der Waals surface area contributed by atoms with E-state index >= 15 is 0 Å². The molecule has 9 nitrogen and oxygen atoms in total. The number of aromatic amines is 1. The second-order valence-corrected chi connectivity index (χ2v) is 6.78. The number of fused-ring (bicyclic) bond motifs is 2. The fourth-order valence-electron chi connectivity index (χ4n) is 3.61. The minimum atomic E-state index is -0.229. The SMILES string of the molecule is Nc1nc(C(=O)N2Cc3ccccc3C2)c2cc(-c3nn[nH]c3C=O)ccc2n1. The van der Waals surface area contributed by atoms with E-state index in [0.29, 0.717) is 41.5 Å². The summed E-state index contributed by atoms with van der Waals surface area (Å²) in [4.78, 5) is 34.7. The third kappa shape index (κ3) is 2.80. The Kier molecular flexibility index (Phi) is 3.80. The molecule has 9 heteroatoms. The summed E-state index contributed by atoms with van der Waals surface area (Å²) in [6.45, 7) is 1.03. The minimum Gasteiger partial charge on any atom is -0.368 e. The number of H-pyrrole nitrogens is 1. The van der Waals surface area contributed by atoms with Gasteiger partial charge in [-0.25, -0.2) is 9.97 Å². The van der Waals surface area contributed by atoms with E-state index in [0.717, 1.165) is 11.1 Å². The second-order valence-electron chi connectivity index (χ2n) is 6.78. The molecule has 0 aliphatic carbocycles. The standard InChI is InChI=1S/C20H15N7O2/c21-20-22-15-6-5-11(17-16(10-28)24-26-25-17)7-14(15)18(23-20)19(29)27-8-12-3-1-2-4-13(12)9-27/h1-7,10H,8-9H2,(H2,21,22,23)(H,24,25,26). The van der Waals surface area contributed by atoms with Crippen molar-refractivity contribution in [3.05, 3.63) is 65.0 Å². The first-order valence-corrected chi connectivity index (χ1v) is 8.94. The lowest BCUT2D eigenvalue weighted by atomic mass is 10.1. The van der Waals surface area contributed by atoms with Gasteiger partial charge in [-0.1, -0.05) is 35.5 Å². The fraction of sp³-hybridized carbons (Fsp3) is 0.100. The number of aldehydes is 1. The van der Waals surface area contributed by atoms with E-state index in [9.17, 15) is 9.59 Å². The Balaban J connectivity index is 1.60. The molecule has 29 heavy (non-hydrogen) atoms. The highest BCUT2D eigenvalue weighted by Gasteiger charge is 2.27. The van der Waals surface area contributed by atoms with Crippen LogP contribution in [0, 0.1) is 0 Å². The van der Waals surface area contributed by atoms with Crippen molar-refractivity contribution in [1.29, 1.82) is 0 Å². The van der Waals surface area contributed by atoms with E-state index in [1.807, 2.05) is 24.3 Å². The van der Waals surface area contributed by atoms with Crippen LogP contribution >= 0.6 is 0 Å². The van der Waals surface area contributed by atoms with Gasteiger partial charge in [0.05, 0.1) is 5.52 Å². The summed E-state index contributed by atoms with van der Waals surface area (Å²) in [5.41, 5.74) is 10.1. The fourth-order valence-corrected chi connectivity index (χ4v) is 3.61. The Morgan fingerprint density at radius 3 is 2.59 bits per heavy atom. The van der Waals surface area contributed by atoms with Crippen molar-refractivity contribution in [3.63, 3.8) is 0 Å². The Hall–Kier alpha value is -4.14. The molecular weight excluding hydrogens is 370 g/mol. The van der Waals surface area contributed by atoms with Crippen molar-refractivity contribution in [3.8, 4) is 11.3 Å². The van der Waals surface area contributed by atoms with E-state index in [2.05, 4.69) is 25.4 Å². The maximum atomic E-state index is 13.3. The molecule has 1 aliphatic rings. The maximum absolute atomic E-state index is 13.3. The quantitative estimate of drug-likeness (QED) is 0.515. The van der Waals surface area contributed by atoms with Crippen molar-refractivity contribution in [2.24, 2.45) is 0 Å². The van der Waals surface area contributed by atoms with Crippen molar-refractivity contribution in [1.82, 2.24) is 30.3 Å². The van der Waals surface area contributed by atoms with E-state index in [4.69, 9.17) is 5.73 Å². The lowest BCUT2D eigenvalue weighted by Crippen LogP contribution is -2.27. The number of benzene rings is 2. The van der Waals surface area contributed by atoms with Gasteiger partial charge in [0.25, 0.3) is 5.91 Å². The van der Waals surface area contributed by atoms with Crippen LogP contribution in [0.15, 0.2) is 42.5 Å². The van der Waals surface area contributed by atoms with Gasteiger partial charge < -0.3 is 10.6 Å². The molecule has 2 aromatic heterocycles. The Labute approximate surface area is 164 Å². The zero-order valence-electron chi connectivity index (χ0n) is 15.2. The van der Waals surface area contributed by atoms with Gasteiger partial charge in [0.15, 0.2) is 6.29 Å². The Morgan fingerprint density at radius 2 is 1.86 bits per heavy atom. The van der Waals surface area contributed by atoms with Crippen LogP contribution in [0.5, 0.6) is 0 Å². The highest BCUT2D eigenvalue weighted by Crippen LogP contribution is 2.29. The van der Waals surface area contributed by atoms with Crippen LogP contribution < -0.4 is 5.73 Å². The number of aromatic nitrogens is 5. The zero-order valence-corrected chi connectivity index (χ0v) is 15.2. The molecule has 0 saturated heterocycles. The van der Waals surface area contributed by atoms with E-state index < -0.39 is 0 Å². The zero-order chi connectivity index (χ0) is 20.0. The topological polar surface area (TPSA) is 131 Å². The van der Waals surface area contributed by atoms with Gasteiger partial charge >= 0.3 is 0 Å². The third-order valence-corrected chi connectivity index (χ3v) is 5.01. The highest BCUT2D eigenvalue weighted by molar-refractivity contribution is 6.06. The van der Waals surface area contributed by atoms with Crippen LogP contribution in [0.1, 0.15) is 32.1 Å². The number of hydrogen-bond acceptors (Lipinski definition) is 7. The van der Waals surface area contributed by atoms with Gasteiger partial charge in [-0.3, -0.25) is 14.7 Å². The number of amides is 1. The molecule has 2 aromatic carbocycles. The van der Waals surface area contributed by atoms with Crippen LogP contribution in [-0.4, -0.2) is 42.5 Å². The average molecular weight is 385 g/mol. The largest absolute Gasteiger partial charge is 0.368 e. The molecule has 0 bridgehead atoms. The number of nitrogens with one attached hydrogen (secondary N) is 1. The summed E-state index contributed by atoms with van der Waals surface area (Å²) >= 11 is 0. The summed E-state index contributed by atoms with van der Waals surface area (Å²) in [7, 11) is 0. The summed E-state index contributed by atoms with van der Waals surface area (Å²) in [5, 5.41) is 10.7. The molecule has 0 spiro atoms. The van der Waals surface area contributed by atoms with Crippen LogP contribution in [-0.2, 0) is 13.1 Å². The maximum Gasteiger partial charge on any atom is 0.273 e. The minimum absolute atomic E-state index is 0.0281. The number of nitrogen functional groups attached to an aromatic ring is 1.